The van der Waals surface area contributed by atoms with Crippen LogP contribution in [0.1, 0.15) is 42.6 Å². The van der Waals surface area contributed by atoms with Crippen molar-refractivity contribution in [3.63, 3.8) is 0 Å². The lowest BCUT2D eigenvalue weighted by molar-refractivity contribution is 0.101. The Morgan fingerprint density at radius 1 is 1.00 bits per heavy atom. The molecule has 2 N–H and O–H groups in total. The van der Waals surface area contributed by atoms with Crippen LogP contribution in [0.5, 0.6) is 0 Å². The van der Waals surface area contributed by atoms with Gasteiger partial charge in [-0.2, -0.15) is 10.1 Å². The fourth-order valence-corrected chi connectivity index (χ4v) is 2.46. The molecule has 0 fully saturated rings. The van der Waals surface area contributed by atoms with Crippen LogP contribution in [0, 0.1) is 0 Å². The van der Waals surface area contributed by atoms with E-state index in [1.54, 1.807) is 18.3 Å². The number of anilines is 4. The number of ketones is 1. The summed E-state index contributed by atoms with van der Waals surface area (Å²) in [7, 11) is 0. The topological polar surface area (TPSA) is 79.8 Å². The lowest BCUT2D eigenvalue weighted by Crippen LogP contribution is -2.03. The first-order valence-electron chi connectivity index (χ1n) is 8.46. The van der Waals surface area contributed by atoms with Crippen LogP contribution in [0.15, 0.2) is 54.7 Å². The van der Waals surface area contributed by atoms with Crippen LogP contribution in [0.4, 0.5) is 23.1 Å². The number of hydrogen-bond donors (Lipinski definition) is 2. The summed E-state index contributed by atoms with van der Waals surface area (Å²) in [4.78, 5) is 15.9. The maximum atomic E-state index is 11.5. The standard InChI is InChI=1S/C20H21N5O/c1-13(2)15-7-9-17(10-8-15)22-19-12-21-25-20(24-19)23-18-6-4-5-16(11-18)14(3)26/h4-13H,1-3H3,(H2,22,23,24,25). The largest absolute Gasteiger partial charge is 0.339 e. The van der Waals surface area contributed by atoms with Gasteiger partial charge in [0.1, 0.15) is 0 Å². The predicted octanol–water partition coefficient (Wildman–Crippen LogP) is 4.68. The minimum absolute atomic E-state index is 0.00737. The highest BCUT2D eigenvalue weighted by molar-refractivity contribution is 5.95. The molecular formula is C20H21N5O. The first-order valence-corrected chi connectivity index (χ1v) is 8.46. The normalized spacial score (nSPS) is 10.6. The number of hydrogen-bond acceptors (Lipinski definition) is 6. The molecule has 2 aromatic carbocycles. The van der Waals surface area contributed by atoms with Crippen LogP contribution in [-0.4, -0.2) is 21.0 Å². The molecule has 6 heteroatoms. The van der Waals surface area contributed by atoms with Crippen LogP contribution in [0.2, 0.25) is 0 Å². The monoisotopic (exact) mass is 347 g/mol. The highest BCUT2D eigenvalue weighted by Gasteiger charge is 2.05. The molecule has 0 saturated heterocycles. The third-order valence-electron chi connectivity index (χ3n) is 3.93. The summed E-state index contributed by atoms with van der Waals surface area (Å²) < 4.78 is 0. The van der Waals surface area contributed by atoms with Gasteiger partial charge in [0.05, 0.1) is 6.20 Å². The van der Waals surface area contributed by atoms with Crippen molar-refractivity contribution < 1.29 is 4.79 Å². The summed E-state index contributed by atoms with van der Waals surface area (Å²) in [5.41, 5.74) is 3.57. The first-order chi connectivity index (χ1) is 12.5. The van der Waals surface area contributed by atoms with E-state index in [-0.39, 0.29) is 5.78 Å². The minimum Gasteiger partial charge on any atom is -0.339 e. The van der Waals surface area contributed by atoms with Gasteiger partial charge in [0, 0.05) is 16.9 Å². The Morgan fingerprint density at radius 3 is 2.46 bits per heavy atom. The molecule has 0 unspecified atom stereocenters. The van der Waals surface area contributed by atoms with Crippen LogP contribution in [0.3, 0.4) is 0 Å². The van der Waals surface area contributed by atoms with Gasteiger partial charge in [0.2, 0.25) is 5.95 Å². The van der Waals surface area contributed by atoms with Gasteiger partial charge in [-0.1, -0.05) is 38.1 Å². The molecule has 0 bridgehead atoms. The van der Waals surface area contributed by atoms with E-state index in [2.05, 4.69) is 51.8 Å². The molecule has 132 valence electrons. The highest BCUT2D eigenvalue weighted by atomic mass is 16.1. The highest BCUT2D eigenvalue weighted by Crippen LogP contribution is 2.20. The molecule has 0 aliphatic rings. The summed E-state index contributed by atoms with van der Waals surface area (Å²) in [5.74, 6) is 1.44. The second-order valence-corrected chi connectivity index (χ2v) is 6.33. The molecule has 0 amide bonds. The smallest absolute Gasteiger partial charge is 0.249 e. The Bertz CT molecular complexity index is 906. The molecule has 0 atom stereocenters. The maximum Gasteiger partial charge on any atom is 0.249 e. The predicted molar refractivity (Wildman–Crippen MR) is 103 cm³/mol. The van der Waals surface area contributed by atoms with Gasteiger partial charge < -0.3 is 10.6 Å². The Hall–Kier alpha value is -3.28. The van der Waals surface area contributed by atoms with Gasteiger partial charge in [0.25, 0.3) is 0 Å². The zero-order chi connectivity index (χ0) is 18.5. The van der Waals surface area contributed by atoms with E-state index in [0.717, 1.165) is 11.4 Å². The Kier molecular flexibility index (Phi) is 5.22. The lowest BCUT2D eigenvalue weighted by Gasteiger charge is -2.10. The number of rotatable bonds is 6. The molecule has 0 saturated carbocycles. The molecule has 6 nitrogen and oxygen atoms in total. The number of benzene rings is 2. The quantitative estimate of drug-likeness (QED) is 0.630. The van der Waals surface area contributed by atoms with E-state index in [4.69, 9.17) is 0 Å². The summed E-state index contributed by atoms with van der Waals surface area (Å²) in [6, 6.07) is 15.4. The molecule has 1 heterocycles. The van der Waals surface area contributed by atoms with Gasteiger partial charge in [-0.25, -0.2) is 0 Å². The average molecular weight is 347 g/mol. The number of carbonyl (C=O) groups excluding carboxylic acids is 1. The van der Waals surface area contributed by atoms with Crippen LogP contribution in [0.25, 0.3) is 0 Å². The summed E-state index contributed by atoms with van der Waals surface area (Å²) in [6.45, 7) is 5.86. The molecule has 0 spiro atoms. The number of carbonyl (C=O) groups is 1. The van der Waals surface area contributed by atoms with Crippen molar-refractivity contribution >= 4 is 28.9 Å². The van der Waals surface area contributed by atoms with Gasteiger partial charge in [-0.05, 0) is 42.7 Å². The van der Waals surface area contributed by atoms with Crippen LogP contribution >= 0.6 is 0 Å². The maximum absolute atomic E-state index is 11.5. The van der Waals surface area contributed by atoms with Gasteiger partial charge in [-0.15, -0.1) is 5.10 Å². The van der Waals surface area contributed by atoms with Crippen LogP contribution < -0.4 is 10.6 Å². The minimum atomic E-state index is 0.00737. The van der Waals surface area contributed by atoms with Crippen molar-refractivity contribution in [1.29, 1.82) is 0 Å². The molecule has 0 aliphatic carbocycles. The molecule has 0 radical (unpaired) electrons. The molecule has 3 rings (SSSR count). The third kappa shape index (κ3) is 4.42. The van der Waals surface area contributed by atoms with Gasteiger partial charge in [-0.3, -0.25) is 4.79 Å². The second-order valence-electron chi connectivity index (χ2n) is 6.33. The van der Waals surface area contributed by atoms with E-state index in [0.29, 0.717) is 23.2 Å². The Balaban J connectivity index is 1.74. The third-order valence-corrected chi connectivity index (χ3v) is 3.93. The number of aromatic nitrogens is 3. The van der Waals surface area contributed by atoms with E-state index >= 15 is 0 Å². The number of nitrogens with one attached hydrogen (secondary N) is 2. The molecule has 3 aromatic rings. The number of nitrogens with zero attached hydrogens (tertiary/aromatic N) is 3. The SMILES string of the molecule is CC(=O)c1cccc(Nc2nncc(Nc3ccc(C(C)C)cc3)n2)c1. The van der Waals surface area contributed by atoms with Crippen molar-refractivity contribution in [1.82, 2.24) is 15.2 Å². The number of Topliss-reactive ketones (excluding diaryl/α,β-unsaturated/α-hetero) is 1. The van der Waals surface area contributed by atoms with Crippen molar-refractivity contribution in [2.75, 3.05) is 10.6 Å². The average Bonchev–Trinajstić information content (AvgIpc) is 2.62. The molecule has 0 aliphatic heterocycles. The van der Waals surface area contributed by atoms with E-state index in [1.165, 1.54) is 12.5 Å². The lowest BCUT2D eigenvalue weighted by atomic mass is 10.0. The van der Waals surface area contributed by atoms with E-state index in [9.17, 15) is 4.79 Å². The van der Waals surface area contributed by atoms with Crippen molar-refractivity contribution in [3.8, 4) is 0 Å². The fourth-order valence-electron chi connectivity index (χ4n) is 2.46. The Morgan fingerprint density at radius 2 is 1.77 bits per heavy atom. The van der Waals surface area contributed by atoms with E-state index < -0.39 is 0 Å². The van der Waals surface area contributed by atoms with Gasteiger partial charge in [0.15, 0.2) is 11.6 Å². The molecular weight excluding hydrogens is 326 g/mol. The summed E-state index contributed by atoms with van der Waals surface area (Å²) in [6.07, 6.45) is 1.56. The molecule has 1 aromatic heterocycles. The summed E-state index contributed by atoms with van der Waals surface area (Å²) >= 11 is 0. The van der Waals surface area contributed by atoms with Crippen molar-refractivity contribution in [2.45, 2.75) is 26.7 Å². The second kappa shape index (κ2) is 7.74. The zero-order valence-electron chi connectivity index (χ0n) is 15.0. The molecule has 26 heavy (non-hydrogen) atoms. The van der Waals surface area contributed by atoms with E-state index in [1.807, 2.05) is 24.3 Å². The van der Waals surface area contributed by atoms with Crippen LogP contribution in [-0.2, 0) is 0 Å². The zero-order valence-corrected chi connectivity index (χ0v) is 15.0. The fraction of sp³-hybridized carbons (Fsp3) is 0.200. The Labute approximate surface area is 152 Å². The van der Waals surface area contributed by atoms with Crippen molar-refractivity contribution in [2.24, 2.45) is 0 Å². The van der Waals surface area contributed by atoms with Crippen molar-refractivity contribution in [3.05, 3.63) is 65.9 Å². The summed E-state index contributed by atoms with van der Waals surface area (Å²) in [5, 5.41) is 14.3. The first kappa shape index (κ1) is 17.5. The van der Waals surface area contributed by atoms with Gasteiger partial charge >= 0.3 is 0 Å².